The summed E-state index contributed by atoms with van der Waals surface area (Å²) in [6.07, 6.45) is 1.34. The van der Waals surface area contributed by atoms with Crippen molar-refractivity contribution in [2.75, 3.05) is 7.05 Å². The summed E-state index contributed by atoms with van der Waals surface area (Å²) in [7, 11) is 2.01. The second kappa shape index (κ2) is 4.51. The SMILES string of the molecule is CNC1CC(Oc2ccc(Cl)c(C)c2)C1(C)C. The summed E-state index contributed by atoms with van der Waals surface area (Å²) in [5, 5.41) is 4.12. The summed E-state index contributed by atoms with van der Waals surface area (Å²) >= 11 is 6.00. The fraction of sp³-hybridized carbons (Fsp3) is 0.571. The first-order valence-corrected chi connectivity index (χ1v) is 6.43. The van der Waals surface area contributed by atoms with E-state index in [2.05, 4.69) is 19.2 Å². The Morgan fingerprint density at radius 1 is 1.41 bits per heavy atom. The van der Waals surface area contributed by atoms with Crippen LogP contribution in [0.5, 0.6) is 5.75 Å². The molecule has 1 fully saturated rings. The van der Waals surface area contributed by atoms with Crippen molar-refractivity contribution in [1.82, 2.24) is 5.32 Å². The molecule has 0 radical (unpaired) electrons. The van der Waals surface area contributed by atoms with Gasteiger partial charge in [-0.1, -0.05) is 25.4 Å². The van der Waals surface area contributed by atoms with Crippen molar-refractivity contribution < 1.29 is 4.74 Å². The minimum absolute atomic E-state index is 0.183. The highest BCUT2D eigenvalue weighted by Gasteiger charge is 2.49. The van der Waals surface area contributed by atoms with Gasteiger partial charge in [0.1, 0.15) is 11.9 Å². The Morgan fingerprint density at radius 2 is 2.12 bits per heavy atom. The van der Waals surface area contributed by atoms with Crippen molar-refractivity contribution in [3.8, 4) is 5.75 Å². The molecule has 2 rings (SSSR count). The van der Waals surface area contributed by atoms with Gasteiger partial charge < -0.3 is 10.1 Å². The minimum atomic E-state index is 0.183. The lowest BCUT2D eigenvalue weighted by Crippen LogP contribution is -2.61. The molecule has 0 aliphatic heterocycles. The third-order valence-corrected chi connectivity index (χ3v) is 4.36. The van der Waals surface area contributed by atoms with Crippen LogP contribution in [0.1, 0.15) is 25.8 Å². The highest BCUT2D eigenvalue weighted by molar-refractivity contribution is 6.31. The van der Waals surface area contributed by atoms with Crippen LogP contribution in [0, 0.1) is 12.3 Å². The van der Waals surface area contributed by atoms with Gasteiger partial charge in [0.15, 0.2) is 0 Å². The molecule has 0 amide bonds. The van der Waals surface area contributed by atoms with Crippen LogP contribution in [0.3, 0.4) is 0 Å². The number of benzene rings is 1. The number of hydrogen-bond donors (Lipinski definition) is 1. The highest BCUT2D eigenvalue weighted by Crippen LogP contribution is 2.43. The summed E-state index contributed by atoms with van der Waals surface area (Å²) in [6.45, 7) is 6.48. The average Bonchev–Trinajstić information content (AvgIpc) is 2.28. The molecule has 2 atom stereocenters. The Balaban J connectivity index is 2.05. The number of rotatable bonds is 3. The van der Waals surface area contributed by atoms with Gasteiger partial charge in [-0.25, -0.2) is 0 Å². The molecule has 1 N–H and O–H groups in total. The molecule has 1 saturated carbocycles. The van der Waals surface area contributed by atoms with E-state index in [1.807, 2.05) is 32.2 Å². The van der Waals surface area contributed by atoms with E-state index in [1.165, 1.54) is 0 Å². The molecule has 0 saturated heterocycles. The Morgan fingerprint density at radius 3 is 2.65 bits per heavy atom. The molecule has 0 heterocycles. The Bertz CT molecular complexity index is 417. The van der Waals surface area contributed by atoms with E-state index >= 15 is 0 Å². The fourth-order valence-corrected chi connectivity index (χ4v) is 2.55. The van der Waals surface area contributed by atoms with Gasteiger partial charge in [-0.05, 0) is 37.7 Å². The summed E-state index contributed by atoms with van der Waals surface area (Å²) in [6, 6.07) is 6.39. The molecule has 1 aromatic carbocycles. The van der Waals surface area contributed by atoms with Gasteiger partial charge in [0.05, 0.1) is 0 Å². The van der Waals surface area contributed by atoms with E-state index < -0.39 is 0 Å². The lowest BCUT2D eigenvalue weighted by molar-refractivity contribution is -0.0521. The van der Waals surface area contributed by atoms with Gasteiger partial charge in [0, 0.05) is 22.9 Å². The predicted octanol–water partition coefficient (Wildman–Crippen LogP) is 3.41. The van der Waals surface area contributed by atoms with Crippen LogP contribution in [0.4, 0.5) is 0 Å². The van der Waals surface area contributed by atoms with Gasteiger partial charge in [0.25, 0.3) is 0 Å². The molecule has 2 nitrogen and oxygen atoms in total. The standard InChI is InChI=1S/C14H20ClNO/c1-9-7-10(5-6-11(9)15)17-13-8-12(16-4)14(13,2)3/h5-7,12-13,16H,8H2,1-4H3. The van der Waals surface area contributed by atoms with E-state index in [0.29, 0.717) is 6.04 Å². The summed E-state index contributed by atoms with van der Waals surface area (Å²) in [5.41, 5.74) is 1.24. The maximum Gasteiger partial charge on any atom is 0.120 e. The van der Waals surface area contributed by atoms with Crippen LogP contribution >= 0.6 is 11.6 Å². The molecule has 0 aromatic heterocycles. The van der Waals surface area contributed by atoms with E-state index in [0.717, 1.165) is 22.8 Å². The van der Waals surface area contributed by atoms with Crippen molar-refractivity contribution in [3.05, 3.63) is 28.8 Å². The Hall–Kier alpha value is -0.730. The van der Waals surface area contributed by atoms with Crippen LogP contribution in [0.15, 0.2) is 18.2 Å². The third kappa shape index (κ3) is 2.29. The maximum absolute atomic E-state index is 6.03. The van der Waals surface area contributed by atoms with Gasteiger partial charge in [-0.2, -0.15) is 0 Å². The molecule has 1 aliphatic rings. The normalized spacial score (nSPS) is 26.4. The lowest BCUT2D eigenvalue weighted by Gasteiger charge is -2.51. The van der Waals surface area contributed by atoms with Gasteiger partial charge in [0.2, 0.25) is 0 Å². The monoisotopic (exact) mass is 253 g/mol. The number of aryl methyl sites for hydroxylation is 1. The van der Waals surface area contributed by atoms with E-state index in [1.54, 1.807) is 0 Å². The van der Waals surface area contributed by atoms with Crippen molar-refractivity contribution >= 4 is 11.6 Å². The second-order valence-electron chi connectivity index (χ2n) is 5.42. The summed E-state index contributed by atoms with van der Waals surface area (Å²) < 4.78 is 6.03. The van der Waals surface area contributed by atoms with Crippen LogP contribution in [-0.2, 0) is 0 Å². The summed E-state index contributed by atoms with van der Waals surface area (Å²) in [4.78, 5) is 0. The first-order chi connectivity index (χ1) is 7.95. The molecule has 17 heavy (non-hydrogen) atoms. The number of ether oxygens (including phenoxy) is 1. The van der Waals surface area contributed by atoms with Crippen LogP contribution in [0.2, 0.25) is 5.02 Å². The molecular weight excluding hydrogens is 234 g/mol. The first-order valence-electron chi connectivity index (χ1n) is 6.05. The molecule has 94 valence electrons. The topological polar surface area (TPSA) is 21.3 Å². The molecule has 2 unspecified atom stereocenters. The molecule has 1 aromatic rings. The highest BCUT2D eigenvalue weighted by atomic mass is 35.5. The van der Waals surface area contributed by atoms with Crippen molar-refractivity contribution in [2.24, 2.45) is 5.41 Å². The van der Waals surface area contributed by atoms with Crippen molar-refractivity contribution in [2.45, 2.75) is 39.3 Å². The predicted molar refractivity (Wildman–Crippen MR) is 71.9 cm³/mol. The van der Waals surface area contributed by atoms with Gasteiger partial charge >= 0.3 is 0 Å². The first kappa shape index (κ1) is 12.7. The van der Waals surface area contributed by atoms with Gasteiger partial charge in [-0.3, -0.25) is 0 Å². The maximum atomic E-state index is 6.03. The fourth-order valence-electron chi connectivity index (χ4n) is 2.43. The van der Waals surface area contributed by atoms with Crippen molar-refractivity contribution in [3.63, 3.8) is 0 Å². The zero-order valence-corrected chi connectivity index (χ0v) is 11.6. The van der Waals surface area contributed by atoms with E-state index in [9.17, 15) is 0 Å². The number of hydrogen-bond acceptors (Lipinski definition) is 2. The zero-order chi connectivity index (χ0) is 12.6. The van der Waals surface area contributed by atoms with Crippen molar-refractivity contribution in [1.29, 1.82) is 0 Å². The second-order valence-corrected chi connectivity index (χ2v) is 5.82. The summed E-state index contributed by atoms with van der Waals surface area (Å²) in [5.74, 6) is 0.916. The Kier molecular flexibility index (Phi) is 3.37. The molecule has 0 bridgehead atoms. The molecule has 3 heteroatoms. The zero-order valence-electron chi connectivity index (χ0n) is 10.9. The average molecular weight is 254 g/mol. The van der Waals surface area contributed by atoms with E-state index in [4.69, 9.17) is 16.3 Å². The lowest BCUT2D eigenvalue weighted by atomic mass is 9.64. The van der Waals surface area contributed by atoms with Crippen LogP contribution in [-0.4, -0.2) is 19.2 Å². The molecular formula is C14H20ClNO. The van der Waals surface area contributed by atoms with Crippen LogP contribution < -0.4 is 10.1 Å². The number of nitrogens with one attached hydrogen (secondary N) is 1. The van der Waals surface area contributed by atoms with Gasteiger partial charge in [-0.15, -0.1) is 0 Å². The largest absolute Gasteiger partial charge is 0.490 e. The minimum Gasteiger partial charge on any atom is -0.490 e. The quantitative estimate of drug-likeness (QED) is 0.891. The number of halogens is 1. The Labute approximate surface area is 108 Å². The molecule has 0 spiro atoms. The smallest absolute Gasteiger partial charge is 0.120 e. The van der Waals surface area contributed by atoms with Crippen LogP contribution in [0.25, 0.3) is 0 Å². The van der Waals surface area contributed by atoms with E-state index in [-0.39, 0.29) is 11.5 Å². The molecule has 1 aliphatic carbocycles. The third-order valence-electron chi connectivity index (χ3n) is 3.93.